The maximum atomic E-state index is 2.43. The molecule has 0 aromatic carbocycles. The van der Waals surface area contributed by atoms with Gasteiger partial charge >= 0.3 is 80.9 Å². The summed E-state index contributed by atoms with van der Waals surface area (Å²) in [5.74, 6) is 0. The zero-order valence-electron chi connectivity index (χ0n) is 3.32. The molecule has 0 N–H and O–H groups in total. The number of hydrogen-bond donors (Lipinski definition) is 0. The molecule has 0 saturated heterocycles. The topological polar surface area (TPSA) is 0 Å². The van der Waals surface area contributed by atoms with Crippen LogP contribution in [0.4, 0.5) is 0 Å². The average molecular weight is 431 g/mol. The molecule has 1 rings (SSSR count). The van der Waals surface area contributed by atoms with E-state index in [1.807, 2.05) is 0 Å². The van der Waals surface area contributed by atoms with Gasteiger partial charge in [0.15, 0.2) is 0 Å². The second kappa shape index (κ2) is 3.04. The van der Waals surface area contributed by atoms with Gasteiger partial charge in [-0.15, -0.1) is 0 Å². The van der Waals surface area contributed by atoms with E-state index in [0.717, 1.165) is 0 Å². The van der Waals surface area contributed by atoms with Crippen molar-refractivity contribution in [2.45, 2.75) is 0 Å². The van der Waals surface area contributed by atoms with Gasteiger partial charge in [0.05, 0.1) is 0 Å². The van der Waals surface area contributed by atoms with E-state index in [1.165, 1.54) is 3.57 Å². The fraction of sp³-hybridized carbons (Fsp3) is 0. The van der Waals surface area contributed by atoms with E-state index in [4.69, 9.17) is 0 Å². The van der Waals surface area contributed by atoms with Gasteiger partial charge in [0.25, 0.3) is 0 Å². The third kappa shape index (κ3) is 1.84. The van der Waals surface area contributed by atoms with E-state index in [-0.39, 0.29) is 20.4 Å². The van der Waals surface area contributed by atoms with Crippen LogP contribution < -0.4 is 0 Å². The van der Waals surface area contributed by atoms with Crippen molar-refractivity contribution in [3.8, 4) is 0 Å². The summed E-state index contributed by atoms with van der Waals surface area (Å²) in [6.45, 7) is 0. The van der Waals surface area contributed by atoms with Crippen LogP contribution in [0.25, 0.3) is 0 Å². The minimum atomic E-state index is 0.166. The zero-order chi connectivity index (χ0) is 5.28. The molecule has 0 radical (unpaired) electrons. The normalized spacial score (nSPS) is 9.43. The molecule has 7 heavy (non-hydrogen) atoms. The van der Waals surface area contributed by atoms with Crippen molar-refractivity contribution < 1.29 is 0 Å². The molecule has 0 aliphatic heterocycles. The predicted octanol–water partition coefficient (Wildman–Crippen LogP) is 1.95. The molecule has 0 nitrogen and oxygen atoms in total. The van der Waals surface area contributed by atoms with Gasteiger partial charge in [0.1, 0.15) is 0 Å². The van der Waals surface area contributed by atoms with E-state index in [1.54, 1.807) is 1.59 Å². The van der Waals surface area contributed by atoms with Crippen LogP contribution in [0.3, 0.4) is 0 Å². The van der Waals surface area contributed by atoms with E-state index < -0.39 is 0 Å². The Morgan fingerprint density at radius 3 is 2.29 bits per heavy atom. The van der Waals surface area contributed by atoms with Crippen LogP contribution in [0.1, 0.15) is 0 Å². The monoisotopic (exact) mass is 434 g/mol. The van der Waals surface area contributed by atoms with Crippen LogP contribution >= 0.6 is 45.2 Å². The molecular weight excluding hydrogens is 429 g/mol. The molecule has 1 aromatic heterocycles. The van der Waals surface area contributed by atoms with Crippen LogP contribution in [-0.4, -0.2) is 20.4 Å². The van der Waals surface area contributed by atoms with Gasteiger partial charge in [-0.05, 0) is 0 Å². The molecule has 0 unspecified atom stereocenters. The van der Waals surface area contributed by atoms with Crippen molar-refractivity contribution in [2.24, 2.45) is 0 Å². The molecule has 0 bridgehead atoms. The Balaban J connectivity index is 3.12. The van der Waals surface area contributed by atoms with Gasteiger partial charge in [-0.1, -0.05) is 0 Å². The number of hydrogen-bond acceptors (Lipinski definition) is 0. The number of rotatable bonds is 0. The molecule has 0 aliphatic rings. The van der Waals surface area contributed by atoms with Crippen molar-refractivity contribution in [1.29, 1.82) is 0 Å². The second-order valence-electron chi connectivity index (χ2n) is 1.04. The molecule has 38 valence electrons. The van der Waals surface area contributed by atoms with Gasteiger partial charge in [0, 0.05) is 0 Å². The van der Waals surface area contributed by atoms with Crippen LogP contribution in [-0.2, 0) is 0 Å². The Kier molecular flexibility index (Phi) is 2.97. The van der Waals surface area contributed by atoms with Crippen molar-refractivity contribution >= 4 is 65.6 Å². The van der Waals surface area contributed by atoms with E-state index >= 15 is 0 Å². The van der Waals surface area contributed by atoms with E-state index in [0.29, 0.717) is 0 Å². The molecule has 0 aliphatic carbocycles. The Bertz CT molecular complexity index is 142. The van der Waals surface area contributed by atoms with Crippen LogP contribution in [0.5, 0.6) is 0 Å². The van der Waals surface area contributed by atoms with Crippen molar-refractivity contribution in [3.05, 3.63) is 15.3 Å². The van der Waals surface area contributed by atoms with Crippen LogP contribution in [0.15, 0.2) is 10.1 Å². The van der Waals surface area contributed by atoms with Gasteiger partial charge in [-0.25, -0.2) is 0 Å². The van der Waals surface area contributed by atoms with Gasteiger partial charge < -0.3 is 0 Å². The minimum absolute atomic E-state index is 0.166. The number of halogens is 2. The summed E-state index contributed by atoms with van der Waals surface area (Å²) < 4.78 is 5.37. The Labute approximate surface area is 79.6 Å². The summed E-state index contributed by atoms with van der Waals surface area (Å²) in [7, 11) is 0. The SMILES string of the molecule is Ic1cc[te]c1I. The molecule has 1 aromatic rings. The molecule has 0 spiro atoms. The first-order chi connectivity index (χ1) is 3.30. The molecular formula is C4H2I2Te. The van der Waals surface area contributed by atoms with Crippen molar-refractivity contribution in [1.82, 2.24) is 0 Å². The van der Waals surface area contributed by atoms with Gasteiger partial charge in [0.2, 0.25) is 0 Å². The van der Waals surface area contributed by atoms with E-state index in [9.17, 15) is 0 Å². The van der Waals surface area contributed by atoms with Gasteiger partial charge in [-0.3, -0.25) is 0 Å². The summed E-state index contributed by atoms with van der Waals surface area (Å²) in [6, 6.07) is 2.21. The van der Waals surface area contributed by atoms with Crippen molar-refractivity contribution in [2.75, 3.05) is 0 Å². The quantitative estimate of drug-likeness (QED) is 0.435. The summed E-state index contributed by atoms with van der Waals surface area (Å²) >= 11 is 4.97. The standard InChI is InChI=1S/C4H2I2Te/c5-3-1-2-7-4(3)6/h1-2H. The third-order valence-corrected chi connectivity index (χ3v) is 7.92. The van der Waals surface area contributed by atoms with Gasteiger partial charge in [-0.2, -0.15) is 0 Å². The average Bonchev–Trinajstić information content (AvgIpc) is 1.91. The predicted molar refractivity (Wildman–Crippen MR) is 48.8 cm³/mol. The van der Waals surface area contributed by atoms with Crippen molar-refractivity contribution in [3.63, 3.8) is 0 Å². The Morgan fingerprint density at radius 2 is 2.14 bits per heavy atom. The Hall–Kier alpha value is 1.73. The summed E-state index contributed by atoms with van der Waals surface area (Å²) in [4.78, 5) is 0. The molecule has 3 heteroatoms. The first-order valence-corrected chi connectivity index (χ1v) is 6.36. The third-order valence-electron chi connectivity index (χ3n) is 0.574. The summed E-state index contributed by atoms with van der Waals surface area (Å²) in [5.41, 5.74) is 0. The summed E-state index contributed by atoms with van der Waals surface area (Å²) in [5, 5.41) is 0. The first-order valence-electron chi connectivity index (χ1n) is 1.69. The molecule has 0 atom stereocenters. The van der Waals surface area contributed by atoms with E-state index in [2.05, 4.69) is 55.3 Å². The zero-order valence-corrected chi connectivity index (χ0v) is 9.96. The second-order valence-corrected chi connectivity index (χ2v) is 8.17. The maximum absolute atomic E-state index is 2.43. The summed E-state index contributed by atoms with van der Waals surface area (Å²) in [6.07, 6.45) is 0. The Morgan fingerprint density at radius 1 is 1.43 bits per heavy atom. The fourth-order valence-corrected chi connectivity index (χ4v) is 4.67. The molecule has 0 saturated carbocycles. The molecule has 0 amide bonds. The van der Waals surface area contributed by atoms with Crippen LogP contribution in [0, 0.1) is 5.16 Å². The molecule has 1 heterocycles. The fourth-order valence-electron chi connectivity index (χ4n) is 0.275. The van der Waals surface area contributed by atoms with Crippen LogP contribution in [0.2, 0.25) is 0 Å². The molecule has 0 fully saturated rings. The first kappa shape index (κ1) is 6.84.